The van der Waals surface area contributed by atoms with E-state index in [9.17, 15) is 9.18 Å². The molecule has 0 fully saturated rings. The quantitative estimate of drug-likeness (QED) is 0.904. The molecule has 0 aromatic carbocycles. The molecule has 0 aliphatic carbocycles. The predicted molar refractivity (Wildman–Crippen MR) is 64.7 cm³/mol. The van der Waals surface area contributed by atoms with Crippen molar-refractivity contribution in [1.82, 2.24) is 4.98 Å². The third-order valence-electron chi connectivity index (χ3n) is 2.22. The minimum absolute atomic E-state index is 0.0551. The van der Waals surface area contributed by atoms with Gasteiger partial charge in [0.25, 0.3) is 0 Å². The maximum absolute atomic E-state index is 12.9. The summed E-state index contributed by atoms with van der Waals surface area (Å²) in [4.78, 5) is 15.7. The largest absolute Gasteiger partial charge is 0.477 e. The Balaban J connectivity index is 2.02. The van der Waals surface area contributed by atoms with Gasteiger partial charge in [-0.2, -0.15) is 0 Å². The summed E-state index contributed by atoms with van der Waals surface area (Å²) < 4.78 is 18.1. The van der Waals surface area contributed by atoms with Crippen LogP contribution < -0.4 is 4.74 Å². The molecule has 4 nitrogen and oxygen atoms in total. The third-order valence-corrected chi connectivity index (χ3v) is 3.15. The average Bonchev–Trinajstić information content (AvgIpc) is 2.84. The number of nitrogens with zero attached hydrogens (tertiary/aromatic N) is 1. The van der Waals surface area contributed by atoms with Gasteiger partial charge in [-0.05, 0) is 17.5 Å². The molecule has 94 valence electrons. The van der Waals surface area contributed by atoms with Gasteiger partial charge < -0.3 is 9.84 Å². The summed E-state index contributed by atoms with van der Waals surface area (Å²) in [5.41, 5.74) is -0.263. The Morgan fingerprint density at radius 3 is 3.06 bits per heavy atom. The van der Waals surface area contributed by atoms with Crippen LogP contribution in [0.2, 0.25) is 0 Å². The first-order valence-corrected chi connectivity index (χ1v) is 6.09. The van der Waals surface area contributed by atoms with Gasteiger partial charge in [0, 0.05) is 11.3 Å². The van der Waals surface area contributed by atoms with Crippen LogP contribution in [0.3, 0.4) is 0 Å². The van der Waals surface area contributed by atoms with Crippen molar-refractivity contribution in [3.63, 3.8) is 0 Å². The summed E-state index contributed by atoms with van der Waals surface area (Å²) in [6.45, 7) is 0.305. The fourth-order valence-electron chi connectivity index (χ4n) is 1.40. The highest BCUT2D eigenvalue weighted by atomic mass is 32.1. The Morgan fingerprint density at radius 1 is 1.56 bits per heavy atom. The van der Waals surface area contributed by atoms with Crippen molar-refractivity contribution in [1.29, 1.82) is 0 Å². The summed E-state index contributed by atoms with van der Waals surface area (Å²) in [6, 6.07) is 4.79. The fourth-order valence-corrected chi connectivity index (χ4v) is 2.09. The van der Waals surface area contributed by atoms with E-state index in [0.29, 0.717) is 13.0 Å². The highest BCUT2D eigenvalue weighted by Gasteiger charge is 2.14. The van der Waals surface area contributed by atoms with Crippen LogP contribution in [-0.4, -0.2) is 22.7 Å². The predicted octanol–water partition coefficient (Wildman–Crippen LogP) is 2.60. The molecular weight excluding hydrogens is 257 g/mol. The van der Waals surface area contributed by atoms with Crippen molar-refractivity contribution < 1.29 is 19.0 Å². The van der Waals surface area contributed by atoms with Crippen LogP contribution in [0.1, 0.15) is 15.2 Å². The van der Waals surface area contributed by atoms with Crippen LogP contribution >= 0.6 is 11.3 Å². The van der Waals surface area contributed by atoms with Crippen LogP contribution in [0, 0.1) is 5.82 Å². The number of thiophene rings is 1. The van der Waals surface area contributed by atoms with E-state index in [2.05, 4.69) is 4.98 Å². The fraction of sp³-hybridized carbons (Fsp3) is 0.167. The number of hydrogen-bond acceptors (Lipinski definition) is 4. The molecule has 0 bridgehead atoms. The first-order chi connectivity index (χ1) is 8.66. The number of ether oxygens (including phenoxy) is 1. The number of rotatable bonds is 5. The average molecular weight is 267 g/mol. The topological polar surface area (TPSA) is 59.4 Å². The molecule has 2 aromatic rings. The van der Waals surface area contributed by atoms with Gasteiger partial charge >= 0.3 is 5.97 Å². The molecule has 0 saturated carbocycles. The summed E-state index contributed by atoms with van der Waals surface area (Å²) in [5.74, 6) is -2.01. The van der Waals surface area contributed by atoms with Crippen molar-refractivity contribution >= 4 is 17.3 Å². The van der Waals surface area contributed by atoms with Gasteiger partial charge in [-0.15, -0.1) is 11.3 Å². The van der Waals surface area contributed by atoms with E-state index in [1.54, 1.807) is 11.3 Å². The smallest absolute Gasteiger partial charge is 0.341 e. The number of hydrogen-bond donors (Lipinski definition) is 1. The molecule has 0 aliphatic rings. The Labute approximate surface area is 107 Å². The lowest BCUT2D eigenvalue weighted by Crippen LogP contribution is -2.08. The van der Waals surface area contributed by atoms with Crippen LogP contribution in [0.5, 0.6) is 5.88 Å². The minimum Gasteiger partial charge on any atom is -0.477 e. The number of halogens is 1. The minimum atomic E-state index is -1.26. The Bertz CT molecular complexity index is 542. The molecular formula is C12H10FNO3S. The maximum Gasteiger partial charge on any atom is 0.341 e. The highest BCUT2D eigenvalue weighted by Crippen LogP contribution is 2.17. The zero-order chi connectivity index (χ0) is 13.0. The van der Waals surface area contributed by atoms with Gasteiger partial charge in [0.05, 0.1) is 12.8 Å². The van der Waals surface area contributed by atoms with Crippen LogP contribution in [-0.2, 0) is 6.42 Å². The van der Waals surface area contributed by atoms with Gasteiger partial charge in [0.2, 0.25) is 5.88 Å². The lowest BCUT2D eigenvalue weighted by atomic mass is 10.2. The molecule has 6 heteroatoms. The zero-order valence-electron chi connectivity index (χ0n) is 9.30. The van der Waals surface area contributed by atoms with E-state index in [0.717, 1.165) is 17.1 Å². The van der Waals surface area contributed by atoms with Crippen LogP contribution in [0.25, 0.3) is 0 Å². The summed E-state index contributed by atoms with van der Waals surface area (Å²) in [5, 5.41) is 10.8. The first-order valence-electron chi connectivity index (χ1n) is 5.21. The van der Waals surface area contributed by atoms with E-state index in [1.807, 2.05) is 17.5 Å². The van der Waals surface area contributed by atoms with Crippen molar-refractivity contribution in [3.8, 4) is 5.88 Å². The molecule has 0 spiro atoms. The second-order valence-electron chi connectivity index (χ2n) is 3.49. The molecule has 2 heterocycles. The Hall–Kier alpha value is -1.95. The number of carbonyl (C=O) groups is 1. The molecule has 0 saturated heterocycles. The van der Waals surface area contributed by atoms with Crippen molar-refractivity contribution in [3.05, 3.63) is 46.0 Å². The second kappa shape index (κ2) is 5.59. The normalized spacial score (nSPS) is 10.3. The molecule has 18 heavy (non-hydrogen) atoms. The molecule has 0 atom stereocenters. The van der Waals surface area contributed by atoms with Gasteiger partial charge in [0.15, 0.2) is 0 Å². The van der Waals surface area contributed by atoms with E-state index in [4.69, 9.17) is 9.84 Å². The Morgan fingerprint density at radius 2 is 2.39 bits per heavy atom. The van der Waals surface area contributed by atoms with Gasteiger partial charge in [0.1, 0.15) is 11.4 Å². The van der Waals surface area contributed by atoms with Crippen LogP contribution in [0.15, 0.2) is 29.8 Å². The van der Waals surface area contributed by atoms with Crippen molar-refractivity contribution in [2.24, 2.45) is 0 Å². The number of carboxylic acids is 1. The number of aromatic nitrogens is 1. The molecule has 1 N–H and O–H groups in total. The number of aromatic carboxylic acids is 1. The molecule has 0 radical (unpaired) electrons. The van der Waals surface area contributed by atoms with Crippen molar-refractivity contribution in [2.45, 2.75) is 6.42 Å². The number of carboxylic acid groups (broad SMARTS) is 1. The van der Waals surface area contributed by atoms with Gasteiger partial charge in [-0.1, -0.05) is 6.07 Å². The van der Waals surface area contributed by atoms with E-state index in [1.165, 1.54) is 0 Å². The van der Waals surface area contributed by atoms with Crippen molar-refractivity contribution in [2.75, 3.05) is 6.61 Å². The molecule has 2 rings (SSSR count). The first kappa shape index (κ1) is 12.5. The van der Waals surface area contributed by atoms with Gasteiger partial charge in [-0.3, -0.25) is 0 Å². The van der Waals surface area contributed by atoms with Crippen LogP contribution in [0.4, 0.5) is 4.39 Å². The SMILES string of the molecule is O=C(O)c1cc(F)cnc1OCCc1cccs1. The standard InChI is InChI=1S/C12H10FNO3S/c13-8-6-10(12(15)16)11(14-7-8)17-4-3-9-2-1-5-18-9/h1-2,5-7H,3-4H2,(H,15,16). The second-order valence-corrected chi connectivity index (χ2v) is 4.52. The number of pyridine rings is 1. The van der Waals surface area contributed by atoms with Gasteiger partial charge in [-0.25, -0.2) is 14.2 Å². The van der Waals surface area contributed by atoms with E-state index < -0.39 is 11.8 Å². The molecule has 0 amide bonds. The molecule has 0 unspecified atom stereocenters. The summed E-state index contributed by atoms with van der Waals surface area (Å²) >= 11 is 1.59. The maximum atomic E-state index is 12.9. The lowest BCUT2D eigenvalue weighted by Gasteiger charge is -2.07. The van der Waals surface area contributed by atoms with E-state index in [-0.39, 0.29) is 11.4 Å². The third kappa shape index (κ3) is 3.04. The lowest BCUT2D eigenvalue weighted by molar-refractivity contribution is 0.0690. The Kier molecular flexibility index (Phi) is 3.88. The van der Waals surface area contributed by atoms with E-state index >= 15 is 0 Å². The highest BCUT2D eigenvalue weighted by molar-refractivity contribution is 7.09. The monoisotopic (exact) mass is 267 g/mol. The molecule has 2 aromatic heterocycles. The molecule has 0 aliphatic heterocycles. The summed E-state index contributed by atoms with van der Waals surface area (Å²) in [7, 11) is 0. The summed E-state index contributed by atoms with van der Waals surface area (Å²) in [6.07, 6.45) is 1.60. The zero-order valence-corrected chi connectivity index (χ0v) is 10.1.